The van der Waals surface area contributed by atoms with Crippen LogP contribution in [-0.2, 0) is 10.9 Å². The summed E-state index contributed by atoms with van der Waals surface area (Å²) in [5.74, 6) is 3.17. The van der Waals surface area contributed by atoms with Gasteiger partial charge in [-0.15, -0.1) is 0 Å². The summed E-state index contributed by atoms with van der Waals surface area (Å²) >= 11 is 0. The zero-order valence-electron chi connectivity index (χ0n) is 13.2. The summed E-state index contributed by atoms with van der Waals surface area (Å²) in [5, 5.41) is 11.1. The maximum atomic E-state index is 13.0. The molecule has 24 heavy (non-hydrogen) atoms. The molecule has 0 aromatic heterocycles. The van der Waals surface area contributed by atoms with Gasteiger partial charge in [-0.2, -0.15) is 13.2 Å². The molecule has 1 rings (SSSR count). The number of halogens is 3. The highest BCUT2D eigenvalue weighted by molar-refractivity contribution is 5.88. The van der Waals surface area contributed by atoms with Crippen LogP contribution in [0.5, 0.6) is 0 Å². The van der Waals surface area contributed by atoms with E-state index in [9.17, 15) is 22.8 Å². The standard InChI is InChI=1S/C16H16F3NO4/c1-15(2,3)24-14(23)20-8-4-5-10-6-7-11(13(21)22)9-12(10)16(17,18)19/h6-7,9H,8H2,1-3H3,(H,20,23)(H,21,22). The molecular formula is C16H16F3NO4. The molecule has 0 aliphatic carbocycles. The van der Waals surface area contributed by atoms with Crippen molar-refractivity contribution >= 4 is 12.1 Å². The van der Waals surface area contributed by atoms with Crippen LogP contribution in [0.15, 0.2) is 18.2 Å². The van der Waals surface area contributed by atoms with E-state index in [0.29, 0.717) is 6.07 Å². The van der Waals surface area contributed by atoms with E-state index in [4.69, 9.17) is 9.84 Å². The Morgan fingerprint density at radius 2 is 1.88 bits per heavy atom. The lowest BCUT2D eigenvalue weighted by atomic mass is 10.0. The zero-order chi connectivity index (χ0) is 18.5. The Kier molecular flexibility index (Phi) is 5.85. The second kappa shape index (κ2) is 7.25. The van der Waals surface area contributed by atoms with Crippen LogP contribution in [0.25, 0.3) is 0 Å². The maximum Gasteiger partial charge on any atom is 0.417 e. The molecule has 0 fully saturated rings. The zero-order valence-corrected chi connectivity index (χ0v) is 13.2. The maximum absolute atomic E-state index is 13.0. The monoisotopic (exact) mass is 343 g/mol. The normalized spacial score (nSPS) is 11.2. The Bertz CT molecular complexity index is 694. The Balaban J connectivity index is 2.89. The van der Waals surface area contributed by atoms with Crippen molar-refractivity contribution in [2.45, 2.75) is 32.5 Å². The Hall–Kier alpha value is -2.69. The molecule has 0 unspecified atom stereocenters. The summed E-state index contributed by atoms with van der Waals surface area (Å²) in [6, 6.07) is 2.53. The predicted molar refractivity (Wildman–Crippen MR) is 79.5 cm³/mol. The van der Waals surface area contributed by atoms with Crippen molar-refractivity contribution in [2.24, 2.45) is 0 Å². The average molecular weight is 343 g/mol. The molecule has 0 aliphatic rings. The van der Waals surface area contributed by atoms with Crippen LogP contribution in [-0.4, -0.2) is 29.3 Å². The van der Waals surface area contributed by atoms with Crippen molar-refractivity contribution in [3.63, 3.8) is 0 Å². The average Bonchev–Trinajstić information content (AvgIpc) is 2.40. The molecule has 130 valence electrons. The molecule has 1 amide bonds. The van der Waals surface area contributed by atoms with Gasteiger partial charge in [0, 0.05) is 5.56 Å². The van der Waals surface area contributed by atoms with Crippen LogP contribution in [0, 0.1) is 11.8 Å². The summed E-state index contributed by atoms with van der Waals surface area (Å²) in [5.41, 5.74) is -2.71. The van der Waals surface area contributed by atoms with Gasteiger partial charge in [0.2, 0.25) is 0 Å². The third-order valence-corrected chi connectivity index (χ3v) is 2.51. The molecule has 5 nitrogen and oxygen atoms in total. The second-order valence-electron chi connectivity index (χ2n) is 5.72. The third kappa shape index (κ3) is 6.20. The van der Waals surface area contributed by atoms with E-state index in [1.807, 2.05) is 0 Å². The molecule has 0 saturated carbocycles. The highest BCUT2D eigenvalue weighted by Gasteiger charge is 2.33. The summed E-state index contributed by atoms with van der Waals surface area (Å²) in [6.45, 7) is 4.78. The van der Waals surface area contributed by atoms with E-state index in [1.54, 1.807) is 20.8 Å². The first-order chi connectivity index (χ1) is 10.9. The lowest BCUT2D eigenvalue weighted by Gasteiger charge is -2.19. The van der Waals surface area contributed by atoms with Crippen LogP contribution in [0.4, 0.5) is 18.0 Å². The van der Waals surface area contributed by atoms with E-state index in [2.05, 4.69) is 17.2 Å². The first kappa shape index (κ1) is 19.4. The summed E-state index contributed by atoms with van der Waals surface area (Å²) < 4.78 is 43.8. The molecular weight excluding hydrogens is 327 g/mol. The largest absolute Gasteiger partial charge is 0.478 e. The predicted octanol–water partition coefficient (Wildman–Crippen LogP) is 3.28. The Morgan fingerprint density at radius 1 is 1.25 bits per heavy atom. The topological polar surface area (TPSA) is 75.6 Å². The molecule has 0 spiro atoms. The molecule has 0 radical (unpaired) electrons. The van der Waals surface area contributed by atoms with E-state index in [1.165, 1.54) is 0 Å². The number of alkyl halides is 3. The fourth-order valence-corrected chi connectivity index (χ4v) is 1.59. The number of alkyl carbamates (subject to hydrolysis) is 1. The quantitative estimate of drug-likeness (QED) is 0.808. The van der Waals surface area contributed by atoms with Crippen LogP contribution in [0.1, 0.15) is 42.3 Å². The molecule has 1 aromatic rings. The fourth-order valence-electron chi connectivity index (χ4n) is 1.59. The third-order valence-electron chi connectivity index (χ3n) is 2.51. The number of carboxylic acids is 1. The fraction of sp³-hybridized carbons (Fsp3) is 0.375. The number of ether oxygens (including phenoxy) is 1. The Morgan fingerprint density at radius 3 is 2.38 bits per heavy atom. The number of hydrogen-bond acceptors (Lipinski definition) is 3. The summed E-state index contributed by atoms with van der Waals surface area (Å²) in [4.78, 5) is 22.1. The lowest BCUT2D eigenvalue weighted by molar-refractivity contribution is -0.137. The molecule has 8 heteroatoms. The minimum absolute atomic E-state index is 0.215. The number of benzene rings is 1. The lowest BCUT2D eigenvalue weighted by Crippen LogP contribution is -2.32. The minimum Gasteiger partial charge on any atom is -0.478 e. The molecule has 0 bridgehead atoms. The SMILES string of the molecule is CC(C)(C)OC(=O)NCC#Cc1ccc(C(=O)O)cc1C(F)(F)F. The van der Waals surface area contributed by atoms with Gasteiger partial charge in [-0.1, -0.05) is 11.8 Å². The van der Waals surface area contributed by atoms with Crippen LogP contribution in [0.2, 0.25) is 0 Å². The molecule has 1 aromatic carbocycles. The van der Waals surface area contributed by atoms with Gasteiger partial charge >= 0.3 is 18.2 Å². The first-order valence-corrected chi connectivity index (χ1v) is 6.80. The molecule has 2 N–H and O–H groups in total. The molecule has 0 heterocycles. The number of carboxylic acid groups (broad SMARTS) is 1. The molecule has 0 aliphatic heterocycles. The number of hydrogen-bond donors (Lipinski definition) is 2. The van der Waals surface area contributed by atoms with Crippen molar-refractivity contribution in [3.05, 3.63) is 34.9 Å². The van der Waals surface area contributed by atoms with Crippen LogP contribution >= 0.6 is 0 Å². The van der Waals surface area contributed by atoms with Gasteiger partial charge in [0.1, 0.15) is 5.60 Å². The van der Waals surface area contributed by atoms with E-state index < -0.39 is 35.0 Å². The van der Waals surface area contributed by atoms with E-state index >= 15 is 0 Å². The summed E-state index contributed by atoms with van der Waals surface area (Å²) in [6.07, 6.45) is -5.48. The molecule has 0 atom stereocenters. The number of carbonyl (C=O) groups excluding carboxylic acids is 1. The highest BCUT2D eigenvalue weighted by atomic mass is 19.4. The van der Waals surface area contributed by atoms with Crippen molar-refractivity contribution in [1.82, 2.24) is 5.32 Å². The molecule has 0 saturated heterocycles. The minimum atomic E-state index is -4.74. The van der Waals surface area contributed by atoms with Crippen molar-refractivity contribution in [2.75, 3.05) is 6.54 Å². The highest BCUT2D eigenvalue weighted by Crippen LogP contribution is 2.32. The van der Waals surface area contributed by atoms with Gasteiger partial charge in [0.15, 0.2) is 0 Å². The van der Waals surface area contributed by atoms with Gasteiger partial charge in [-0.25, -0.2) is 9.59 Å². The smallest absolute Gasteiger partial charge is 0.417 e. The van der Waals surface area contributed by atoms with Gasteiger partial charge in [0.05, 0.1) is 17.7 Å². The van der Waals surface area contributed by atoms with E-state index in [-0.39, 0.29) is 12.1 Å². The Labute approximate surface area is 136 Å². The number of rotatable bonds is 2. The first-order valence-electron chi connectivity index (χ1n) is 6.80. The van der Waals surface area contributed by atoms with Crippen LogP contribution < -0.4 is 5.32 Å². The number of carbonyl (C=O) groups is 2. The second-order valence-corrected chi connectivity index (χ2v) is 5.72. The van der Waals surface area contributed by atoms with Crippen molar-refractivity contribution < 1.29 is 32.6 Å². The number of nitrogens with one attached hydrogen (secondary N) is 1. The number of aromatic carboxylic acids is 1. The van der Waals surface area contributed by atoms with Gasteiger partial charge in [-0.05, 0) is 39.0 Å². The van der Waals surface area contributed by atoms with Crippen LogP contribution in [0.3, 0.4) is 0 Å². The van der Waals surface area contributed by atoms with Gasteiger partial charge < -0.3 is 15.2 Å². The van der Waals surface area contributed by atoms with E-state index in [0.717, 1.165) is 12.1 Å². The van der Waals surface area contributed by atoms with Crippen molar-refractivity contribution in [3.8, 4) is 11.8 Å². The van der Waals surface area contributed by atoms with Gasteiger partial charge in [-0.3, -0.25) is 0 Å². The summed E-state index contributed by atoms with van der Waals surface area (Å²) in [7, 11) is 0. The van der Waals surface area contributed by atoms with Gasteiger partial charge in [0.25, 0.3) is 0 Å². The number of amides is 1. The van der Waals surface area contributed by atoms with Crippen molar-refractivity contribution in [1.29, 1.82) is 0 Å².